The van der Waals surface area contributed by atoms with Gasteiger partial charge in [0.15, 0.2) is 0 Å². The molecule has 0 aliphatic carbocycles. The summed E-state index contributed by atoms with van der Waals surface area (Å²) < 4.78 is 5.35. The molecule has 5 nitrogen and oxygen atoms in total. The van der Waals surface area contributed by atoms with E-state index in [1.165, 1.54) is 6.42 Å². The van der Waals surface area contributed by atoms with Crippen LogP contribution in [0.2, 0.25) is 0 Å². The molecule has 0 amide bonds. The first-order valence-corrected chi connectivity index (χ1v) is 8.00. The Morgan fingerprint density at radius 2 is 2.30 bits per heavy atom. The van der Waals surface area contributed by atoms with Crippen LogP contribution in [0.5, 0.6) is 0 Å². The summed E-state index contributed by atoms with van der Waals surface area (Å²) in [5.74, 6) is 2.50. The number of hydrogen-bond acceptors (Lipinski definition) is 6. The quantitative estimate of drug-likeness (QED) is 0.866. The number of hydrogen-bond donors (Lipinski definition) is 0. The summed E-state index contributed by atoms with van der Waals surface area (Å²) in [5.41, 5.74) is 0.823. The van der Waals surface area contributed by atoms with E-state index in [2.05, 4.69) is 40.8 Å². The van der Waals surface area contributed by atoms with Crippen LogP contribution in [-0.4, -0.2) is 33.1 Å². The number of rotatable bonds is 4. The maximum atomic E-state index is 5.35. The molecule has 2 aromatic rings. The largest absolute Gasteiger partial charge is 0.337 e. The zero-order valence-electron chi connectivity index (χ0n) is 12.2. The summed E-state index contributed by atoms with van der Waals surface area (Å²) in [4.78, 5) is 11.4. The van der Waals surface area contributed by atoms with Crippen LogP contribution in [0.3, 0.4) is 0 Å². The zero-order chi connectivity index (χ0) is 14.1. The first-order valence-electron chi connectivity index (χ1n) is 7.12. The molecule has 108 valence electrons. The van der Waals surface area contributed by atoms with Gasteiger partial charge in [-0.2, -0.15) is 4.98 Å². The van der Waals surface area contributed by atoms with E-state index in [4.69, 9.17) is 4.52 Å². The predicted molar refractivity (Wildman–Crippen MR) is 78.6 cm³/mol. The highest BCUT2D eigenvalue weighted by molar-refractivity contribution is 7.10. The standard InChI is InChI=1S/C14H20N4OS/c1-9(2)14-15-11(8-20-14)13-16-12(19-17-13)7-18-5-4-10(3)6-18/h8-10H,4-7H2,1-3H3. The lowest BCUT2D eigenvalue weighted by molar-refractivity contribution is 0.262. The average Bonchev–Trinajstić information content (AvgIpc) is 3.10. The molecule has 1 fully saturated rings. The molecule has 0 saturated carbocycles. The van der Waals surface area contributed by atoms with Gasteiger partial charge in [0.25, 0.3) is 0 Å². The molecule has 1 saturated heterocycles. The highest BCUT2D eigenvalue weighted by Gasteiger charge is 2.21. The molecule has 3 heterocycles. The van der Waals surface area contributed by atoms with Crippen LogP contribution in [0, 0.1) is 5.92 Å². The van der Waals surface area contributed by atoms with Crippen molar-refractivity contribution < 1.29 is 4.52 Å². The van der Waals surface area contributed by atoms with Crippen molar-refractivity contribution in [3.63, 3.8) is 0 Å². The Labute approximate surface area is 123 Å². The molecule has 1 atom stereocenters. The maximum absolute atomic E-state index is 5.35. The van der Waals surface area contributed by atoms with Gasteiger partial charge in [-0.1, -0.05) is 25.9 Å². The number of aromatic nitrogens is 3. The van der Waals surface area contributed by atoms with Crippen molar-refractivity contribution in [1.82, 2.24) is 20.0 Å². The van der Waals surface area contributed by atoms with Crippen LogP contribution in [-0.2, 0) is 6.54 Å². The monoisotopic (exact) mass is 292 g/mol. The second kappa shape index (κ2) is 5.61. The second-order valence-electron chi connectivity index (χ2n) is 5.87. The second-order valence-corrected chi connectivity index (χ2v) is 6.76. The topological polar surface area (TPSA) is 55.1 Å². The summed E-state index contributed by atoms with van der Waals surface area (Å²) in [6.45, 7) is 9.54. The summed E-state index contributed by atoms with van der Waals surface area (Å²) in [5, 5.41) is 7.16. The third-order valence-electron chi connectivity index (χ3n) is 3.58. The molecule has 2 aromatic heterocycles. The molecule has 6 heteroatoms. The van der Waals surface area contributed by atoms with E-state index in [1.807, 2.05) is 5.38 Å². The minimum absolute atomic E-state index is 0.436. The molecular formula is C14H20N4OS. The molecule has 0 spiro atoms. The van der Waals surface area contributed by atoms with Gasteiger partial charge in [-0.15, -0.1) is 11.3 Å². The van der Waals surface area contributed by atoms with Crippen molar-refractivity contribution in [3.8, 4) is 11.5 Å². The van der Waals surface area contributed by atoms with Crippen LogP contribution >= 0.6 is 11.3 Å². The van der Waals surface area contributed by atoms with Crippen molar-refractivity contribution in [2.45, 2.75) is 39.7 Å². The smallest absolute Gasteiger partial charge is 0.241 e. The Bertz CT molecular complexity index is 577. The van der Waals surface area contributed by atoms with Gasteiger partial charge < -0.3 is 4.52 Å². The third kappa shape index (κ3) is 2.91. The molecule has 0 N–H and O–H groups in total. The Morgan fingerprint density at radius 3 is 2.95 bits per heavy atom. The minimum Gasteiger partial charge on any atom is -0.337 e. The number of thiazole rings is 1. The molecule has 3 rings (SSSR count). The molecule has 1 aliphatic heterocycles. The van der Waals surface area contributed by atoms with Gasteiger partial charge in [0.1, 0.15) is 5.69 Å². The lowest BCUT2D eigenvalue weighted by atomic mass is 10.2. The Hall–Kier alpha value is -1.27. The first kappa shape index (κ1) is 13.7. The highest BCUT2D eigenvalue weighted by Crippen LogP contribution is 2.25. The fraction of sp³-hybridized carbons (Fsp3) is 0.643. The SMILES string of the molecule is CC1CCN(Cc2nc(-c3csc(C(C)C)n3)no2)C1. The Morgan fingerprint density at radius 1 is 1.45 bits per heavy atom. The minimum atomic E-state index is 0.436. The Kier molecular flexibility index (Phi) is 3.85. The van der Waals surface area contributed by atoms with Crippen LogP contribution in [0.4, 0.5) is 0 Å². The van der Waals surface area contributed by atoms with Crippen LogP contribution in [0.15, 0.2) is 9.90 Å². The fourth-order valence-corrected chi connectivity index (χ4v) is 3.25. The molecule has 0 aromatic carbocycles. The molecular weight excluding hydrogens is 272 g/mol. The molecule has 0 radical (unpaired) electrons. The van der Waals surface area contributed by atoms with Gasteiger partial charge in [-0.3, -0.25) is 4.90 Å². The van der Waals surface area contributed by atoms with Crippen molar-refractivity contribution in [1.29, 1.82) is 0 Å². The number of nitrogens with zero attached hydrogens (tertiary/aromatic N) is 4. The zero-order valence-corrected chi connectivity index (χ0v) is 13.0. The van der Waals surface area contributed by atoms with E-state index in [0.717, 1.165) is 36.3 Å². The summed E-state index contributed by atoms with van der Waals surface area (Å²) >= 11 is 1.65. The number of likely N-dealkylation sites (tertiary alicyclic amines) is 1. The normalized spacial score (nSPS) is 20.1. The van der Waals surface area contributed by atoms with E-state index in [-0.39, 0.29) is 0 Å². The van der Waals surface area contributed by atoms with E-state index in [0.29, 0.717) is 17.6 Å². The van der Waals surface area contributed by atoms with Crippen LogP contribution < -0.4 is 0 Å². The van der Waals surface area contributed by atoms with Crippen LogP contribution in [0.25, 0.3) is 11.5 Å². The van der Waals surface area contributed by atoms with Crippen molar-refractivity contribution >= 4 is 11.3 Å². The predicted octanol–water partition coefficient (Wildman–Crippen LogP) is 3.16. The van der Waals surface area contributed by atoms with Crippen molar-refractivity contribution in [2.24, 2.45) is 5.92 Å². The fourth-order valence-electron chi connectivity index (χ4n) is 2.44. The Balaban J connectivity index is 1.69. The maximum Gasteiger partial charge on any atom is 0.241 e. The highest BCUT2D eigenvalue weighted by atomic mass is 32.1. The van der Waals surface area contributed by atoms with Crippen LogP contribution in [0.1, 0.15) is 44.0 Å². The summed E-state index contributed by atoms with van der Waals surface area (Å²) in [6, 6.07) is 0. The van der Waals surface area contributed by atoms with Gasteiger partial charge in [0, 0.05) is 17.8 Å². The van der Waals surface area contributed by atoms with Gasteiger partial charge in [0.2, 0.25) is 11.7 Å². The van der Waals surface area contributed by atoms with Crippen molar-refractivity contribution in [2.75, 3.05) is 13.1 Å². The van der Waals surface area contributed by atoms with E-state index >= 15 is 0 Å². The molecule has 20 heavy (non-hydrogen) atoms. The van der Waals surface area contributed by atoms with Gasteiger partial charge in [-0.05, 0) is 18.9 Å². The van der Waals surface area contributed by atoms with Gasteiger partial charge >= 0.3 is 0 Å². The summed E-state index contributed by atoms with van der Waals surface area (Å²) in [7, 11) is 0. The van der Waals surface area contributed by atoms with Crippen molar-refractivity contribution in [3.05, 3.63) is 16.3 Å². The summed E-state index contributed by atoms with van der Waals surface area (Å²) in [6.07, 6.45) is 1.25. The van der Waals surface area contributed by atoms with Gasteiger partial charge in [-0.25, -0.2) is 4.98 Å². The first-order chi connectivity index (χ1) is 9.61. The lowest BCUT2D eigenvalue weighted by Crippen LogP contribution is -2.19. The van der Waals surface area contributed by atoms with E-state index in [9.17, 15) is 0 Å². The average molecular weight is 292 g/mol. The van der Waals surface area contributed by atoms with E-state index in [1.54, 1.807) is 11.3 Å². The van der Waals surface area contributed by atoms with E-state index < -0.39 is 0 Å². The van der Waals surface area contributed by atoms with Gasteiger partial charge in [0.05, 0.1) is 11.6 Å². The third-order valence-corrected chi connectivity index (χ3v) is 4.73. The molecule has 1 aliphatic rings. The molecule has 0 bridgehead atoms. The molecule has 1 unspecified atom stereocenters. The lowest BCUT2D eigenvalue weighted by Gasteiger charge is -2.11.